The number of nitrogens with two attached hydrogens (primary N) is 1. The summed E-state index contributed by atoms with van der Waals surface area (Å²) in [7, 11) is 0. The van der Waals surface area contributed by atoms with Crippen LogP contribution >= 0.6 is 0 Å². The third kappa shape index (κ3) is 4.10. The smallest absolute Gasteiger partial charge is 0.248 e. The van der Waals surface area contributed by atoms with Crippen LogP contribution in [0.1, 0.15) is 25.7 Å². The van der Waals surface area contributed by atoms with Crippen LogP contribution in [0.4, 0.5) is 0 Å². The van der Waals surface area contributed by atoms with Crippen molar-refractivity contribution >= 4 is 5.91 Å². The summed E-state index contributed by atoms with van der Waals surface area (Å²) in [5.41, 5.74) is 5.32. The van der Waals surface area contributed by atoms with Crippen LogP contribution in [-0.2, 0) is 9.53 Å². The molecule has 0 saturated heterocycles. The van der Waals surface area contributed by atoms with E-state index in [2.05, 4.69) is 0 Å². The van der Waals surface area contributed by atoms with Gasteiger partial charge in [0.1, 0.15) is 6.61 Å². The Morgan fingerprint density at radius 3 is 2.19 bits per heavy atom. The zero-order valence-electron chi connectivity index (χ0n) is 9.86. The van der Waals surface area contributed by atoms with Crippen molar-refractivity contribution in [3.8, 4) is 0 Å². The monoisotopic (exact) mass is 226 g/mol. The SMILES string of the molecule is NCCOCC(=O)N(CC1CC1)CC1CC1. The molecule has 0 aliphatic heterocycles. The molecule has 0 heterocycles. The Morgan fingerprint density at radius 2 is 1.75 bits per heavy atom. The number of hydrogen-bond acceptors (Lipinski definition) is 3. The number of nitrogens with zero attached hydrogens (tertiary/aromatic N) is 1. The average molecular weight is 226 g/mol. The summed E-state index contributed by atoms with van der Waals surface area (Å²) < 4.78 is 5.21. The highest BCUT2D eigenvalue weighted by molar-refractivity contribution is 5.77. The lowest BCUT2D eigenvalue weighted by Gasteiger charge is -2.22. The van der Waals surface area contributed by atoms with Crippen LogP contribution < -0.4 is 5.73 Å². The molecule has 0 unspecified atom stereocenters. The van der Waals surface area contributed by atoms with Crippen molar-refractivity contribution in [1.82, 2.24) is 4.90 Å². The highest BCUT2D eigenvalue weighted by Crippen LogP contribution is 2.33. The summed E-state index contributed by atoms with van der Waals surface area (Å²) in [5.74, 6) is 1.67. The van der Waals surface area contributed by atoms with Gasteiger partial charge in [-0.3, -0.25) is 4.79 Å². The molecule has 2 rings (SSSR count). The van der Waals surface area contributed by atoms with Gasteiger partial charge in [0.15, 0.2) is 0 Å². The minimum absolute atomic E-state index is 0.146. The van der Waals surface area contributed by atoms with Gasteiger partial charge in [-0.05, 0) is 37.5 Å². The summed E-state index contributed by atoms with van der Waals surface area (Å²) in [6.45, 7) is 3.06. The lowest BCUT2D eigenvalue weighted by atomic mass is 10.3. The fraction of sp³-hybridized carbons (Fsp3) is 0.917. The van der Waals surface area contributed by atoms with Gasteiger partial charge in [-0.25, -0.2) is 0 Å². The molecule has 4 heteroatoms. The molecule has 1 amide bonds. The van der Waals surface area contributed by atoms with Crippen LogP contribution in [0, 0.1) is 11.8 Å². The molecule has 4 nitrogen and oxygen atoms in total. The van der Waals surface area contributed by atoms with E-state index in [-0.39, 0.29) is 12.5 Å². The van der Waals surface area contributed by atoms with E-state index in [1.54, 1.807) is 0 Å². The fourth-order valence-corrected chi connectivity index (χ4v) is 1.84. The molecule has 0 radical (unpaired) electrons. The van der Waals surface area contributed by atoms with Crippen LogP contribution in [0.5, 0.6) is 0 Å². The van der Waals surface area contributed by atoms with Gasteiger partial charge >= 0.3 is 0 Å². The lowest BCUT2D eigenvalue weighted by Crippen LogP contribution is -2.37. The highest BCUT2D eigenvalue weighted by Gasteiger charge is 2.31. The minimum atomic E-state index is 0.146. The van der Waals surface area contributed by atoms with Crippen molar-refractivity contribution < 1.29 is 9.53 Å². The van der Waals surface area contributed by atoms with E-state index in [1.165, 1.54) is 25.7 Å². The van der Waals surface area contributed by atoms with Crippen LogP contribution in [0.15, 0.2) is 0 Å². The van der Waals surface area contributed by atoms with Gasteiger partial charge in [-0.1, -0.05) is 0 Å². The molecule has 2 saturated carbocycles. The van der Waals surface area contributed by atoms with Gasteiger partial charge in [0, 0.05) is 19.6 Å². The molecule has 92 valence electrons. The molecular formula is C12H22N2O2. The molecule has 2 aliphatic rings. The van der Waals surface area contributed by atoms with Crippen LogP contribution in [0.25, 0.3) is 0 Å². The number of ether oxygens (including phenoxy) is 1. The van der Waals surface area contributed by atoms with Crippen molar-refractivity contribution in [2.24, 2.45) is 17.6 Å². The summed E-state index contributed by atoms with van der Waals surface area (Å²) in [6, 6.07) is 0. The molecule has 0 bridgehead atoms. The maximum Gasteiger partial charge on any atom is 0.248 e. The topological polar surface area (TPSA) is 55.6 Å². The summed E-state index contributed by atoms with van der Waals surface area (Å²) >= 11 is 0. The van der Waals surface area contributed by atoms with E-state index in [0.717, 1.165) is 24.9 Å². The Balaban J connectivity index is 1.71. The first-order valence-corrected chi connectivity index (χ1v) is 6.35. The van der Waals surface area contributed by atoms with Gasteiger partial charge in [-0.2, -0.15) is 0 Å². The number of rotatable bonds is 8. The fourth-order valence-electron chi connectivity index (χ4n) is 1.84. The zero-order chi connectivity index (χ0) is 11.4. The Morgan fingerprint density at radius 1 is 1.19 bits per heavy atom. The highest BCUT2D eigenvalue weighted by atomic mass is 16.5. The predicted molar refractivity (Wildman–Crippen MR) is 61.9 cm³/mol. The molecule has 0 aromatic carbocycles. The molecular weight excluding hydrogens is 204 g/mol. The summed E-state index contributed by atoms with van der Waals surface area (Å²) in [6.07, 6.45) is 5.16. The first-order chi connectivity index (χ1) is 7.79. The third-order valence-corrected chi connectivity index (χ3v) is 3.19. The van der Waals surface area contributed by atoms with Gasteiger partial charge in [0.25, 0.3) is 0 Å². The average Bonchev–Trinajstić information content (AvgIpc) is 3.11. The van der Waals surface area contributed by atoms with E-state index >= 15 is 0 Å². The molecule has 0 spiro atoms. The molecule has 16 heavy (non-hydrogen) atoms. The molecule has 2 fully saturated rings. The third-order valence-electron chi connectivity index (χ3n) is 3.19. The van der Waals surface area contributed by atoms with Crippen molar-refractivity contribution in [2.75, 3.05) is 32.8 Å². The number of carbonyl (C=O) groups excluding carboxylic acids is 1. The second-order valence-corrected chi connectivity index (χ2v) is 5.03. The molecule has 2 N–H and O–H groups in total. The number of carbonyl (C=O) groups is 1. The maximum atomic E-state index is 11.9. The predicted octanol–water partition coefficient (Wildman–Crippen LogP) is 0.610. The second kappa shape index (κ2) is 5.64. The molecule has 2 aliphatic carbocycles. The van der Waals surface area contributed by atoms with Crippen molar-refractivity contribution in [2.45, 2.75) is 25.7 Å². The number of hydrogen-bond donors (Lipinski definition) is 1. The van der Waals surface area contributed by atoms with E-state index in [9.17, 15) is 4.79 Å². The van der Waals surface area contributed by atoms with Gasteiger partial charge in [-0.15, -0.1) is 0 Å². The molecule has 0 aromatic heterocycles. The number of amides is 1. The summed E-state index contributed by atoms with van der Waals surface area (Å²) in [4.78, 5) is 13.9. The van der Waals surface area contributed by atoms with E-state index < -0.39 is 0 Å². The van der Waals surface area contributed by atoms with Gasteiger partial charge in [0.05, 0.1) is 6.61 Å². The lowest BCUT2D eigenvalue weighted by molar-refractivity contribution is -0.136. The Kier molecular flexibility index (Phi) is 4.18. The largest absolute Gasteiger partial charge is 0.370 e. The Hall–Kier alpha value is -0.610. The zero-order valence-corrected chi connectivity index (χ0v) is 9.86. The van der Waals surface area contributed by atoms with Crippen molar-refractivity contribution in [3.63, 3.8) is 0 Å². The standard InChI is InChI=1S/C12H22N2O2/c13-5-6-16-9-12(15)14(7-10-1-2-10)8-11-3-4-11/h10-11H,1-9,13H2. The van der Waals surface area contributed by atoms with E-state index in [4.69, 9.17) is 10.5 Å². The molecule has 0 aromatic rings. The summed E-state index contributed by atoms with van der Waals surface area (Å²) in [5, 5.41) is 0. The van der Waals surface area contributed by atoms with Crippen LogP contribution in [0.2, 0.25) is 0 Å². The van der Waals surface area contributed by atoms with Gasteiger partial charge < -0.3 is 15.4 Å². The van der Waals surface area contributed by atoms with E-state index in [0.29, 0.717) is 13.2 Å². The second-order valence-electron chi connectivity index (χ2n) is 5.03. The molecule has 0 atom stereocenters. The van der Waals surface area contributed by atoms with Gasteiger partial charge in [0.2, 0.25) is 5.91 Å². The Bertz CT molecular complexity index is 223. The quantitative estimate of drug-likeness (QED) is 0.617. The van der Waals surface area contributed by atoms with Crippen LogP contribution in [-0.4, -0.2) is 43.7 Å². The van der Waals surface area contributed by atoms with Crippen LogP contribution in [0.3, 0.4) is 0 Å². The first kappa shape index (κ1) is 11.9. The minimum Gasteiger partial charge on any atom is -0.370 e. The maximum absolute atomic E-state index is 11.9. The van der Waals surface area contributed by atoms with Crippen molar-refractivity contribution in [3.05, 3.63) is 0 Å². The normalized spacial score (nSPS) is 19.8. The van der Waals surface area contributed by atoms with Crippen molar-refractivity contribution in [1.29, 1.82) is 0 Å². The first-order valence-electron chi connectivity index (χ1n) is 6.35. The van der Waals surface area contributed by atoms with E-state index in [1.807, 2.05) is 4.90 Å². The Labute approximate surface area is 97.1 Å².